The SMILES string of the molecule is CCNC(=NCCOc1cccc(Cl)c1)N1CCN(c2cnn(C)c2)C(=O)C1. The van der Waals surface area contributed by atoms with Crippen LogP contribution in [0.3, 0.4) is 0 Å². The zero-order valence-corrected chi connectivity index (χ0v) is 16.9. The Bertz CT molecular complexity index is 837. The number of amides is 1. The third-order valence-electron chi connectivity index (χ3n) is 4.28. The van der Waals surface area contributed by atoms with Crippen LogP contribution in [0.25, 0.3) is 0 Å². The minimum absolute atomic E-state index is 0.0278. The number of guanidine groups is 1. The number of carbonyl (C=O) groups is 1. The van der Waals surface area contributed by atoms with Crippen molar-refractivity contribution >= 4 is 29.2 Å². The summed E-state index contributed by atoms with van der Waals surface area (Å²) in [4.78, 5) is 20.9. The molecule has 1 aliphatic rings. The molecular weight excluding hydrogens is 380 g/mol. The second kappa shape index (κ2) is 9.45. The molecule has 2 heterocycles. The standard InChI is InChI=1S/C19H25ClN6O2/c1-3-21-19(22-7-10-28-17-6-4-5-15(20)11-17)25-8-9-26(18(27)14-25)16-12-23-24(2)13-16/h4-6,11-13H,3,7-10,14H2,1-2H3,(H,21,22). The van der Waals surface area contributed by atoms with Gasteiger partial charge < -0.3 is 19.9 Å². The summed E-state index contributed by atoms with van der Waals surface area (Å²) in [5, 5.41) is 8.03. The Morgan fingerprint density at radius 1 is 1.39 bits per heavy atom. The van der Waals surface area contributed by atoms with Gasteiger partial charge in [0, 0.05) is 37.9 Å². The molecule has 0 saturated carbocycles. The van der Waals surface area contributed by atoms with Gasteiger partial charge in [-0.25, -0.2) is 4.99 Å². The maximum Gasteiger partial charge on any atom is 0.246 e. The molecule has 0 spiro atoms. The largest absolute Gasteiger partial charge is 0.492 e. The summed E-state index contributed by atoms with van der Waals surface area (Å²) in [6, 6.07) is 7.28. The van der Waals surface area contributed by atoms with E-state index in [0.29, 0.717) is 37.0 Å². The summed E-state index contributed by atoms with van der Waals surface area (Å²) >= 11 is 5.96. The number of benzene rings is 1. The number of hydrogen-bond acceptors (Lipinski definition) is 4. The van der Waals surface area contributed by atoms with Crippen LogP contribution in [-0.4, -0.2) is 65.9 Å². The van der Waals surface area contributed by atoms with Gasteiger partial charge >= 0.3 is 0 Å². The van der Waals surface area contributed by atoms with Gasteiger partial charge in [0.05, 0.1) is 18.4 Å². The van der Waals surface area contributed by atoms with Gasteiger partial charge in [0.25, 0.3) is 0 Å². The number of nitrogens with zero attached hydrogens (tertiary/aromatic N) is 5. The fourth-order valence-electron chi connectivity index (χ4n) is 2.97. The minimum atomic E-state index is 0.0278. The summed E-state index contributed by atoms with van der Waals surface area (Å²) in [6.45, 7) is 5.20. The van der Waals surface area contributed by atoms with E-state index < -0.39 is 0 Å². The van der Waals surface area contributed by atoms with E-state index in [1.165, 1.54) is 0 Å². The van der Waals surface area contributed by atoms with Crippen LogP contribution in [0.5, 0.6) is 5.75 Å². The first-order valence-corrected chi connectivity index (χ1v) is 9.65. The smallest absolute Gasteiger partial charge is 0.246 e. The fourth-order valence-corrected chi connectivity index (χ4v) is 3.15. The van der Waals surface area contributed by atoms with E-state index in [0.717, 1.165) is 18.2 Å². The Balaban J connectivity index is 1.56. The van der Waals surface area contributed by atoms with Crippen molar-refractivity contribution in [2.45, 2.75) is 6.92 Å². The van der Waals surface area contributed by atoms with Gasteiger partial charge in [-0.3, -0.25) is 9.48 Å². The topological polar surface area (TPSA) is 75.0 Å². The maximum absolute atomic E-state index is 12.6. The van der Waals surface area contributed by atoms with Gasteiger partial charge in [0.1, 0.15) is 18.9 Å². The van der Waals surface area contributed by atoms with Crippen LogP contribution < -0.4 is 15.0 Å². The van der Waals surface area contributed by atoms with Crippen molar-refractivity contribution < 1.29 is 9.53 Å². The van der Waals surface area contributed by atoms with Crippen molar-refractivity contribution in [1.29, 1.82) is 0 Å². The van der Waals surface area contributed by atoms with Crippen LogP contribution in [0, 0.1) is 0 Å². The average Bonchev–Trinajstić information content (AvgIpc) is 3.10. The summed E-state index contributed by atoms with van der Waals surface area (Å²) in [5.74, 6) is 1.46. The fraction of sp³-hybridized carbons (Fsp3) is 0.421. The molecule has 0 atom stereocenters. The third kappa shape index (κ3) is 5.16. The zero-order chi connectivity index (χ0) is 19.9. The number of carbonyl (C=O) groups excluding carboxylic acids is 1. The number of piperazine rings is 1. The van der Waals surface area contributed by atoms with Gasteiger partial charge in [-0.05, 0) is 25.1 Å². The van der Waals surface area contributed by atoms with Gasteiger partial charge in [-0.15, -0.1) is 0 Å². The number of ether oxygens (including phenoxy) is 1. The molecule has 1 aromatic heterocycles. The molecule has 1 fully saturated rings. The number of aliphatic imine (C=N–C) groups is 1. The van der Waals surface area contributed by atoms with Crippen LogP contribution >= 0.6 is 11.6 Å². The van der Waals surface area contributed by atoms with Crippen molar-refractivity contribution in [2.75, 3.05) is 44.2 Å². The molecule has 150 valence electrons. The molecule has 0 unspecified atom stereocenters. The highest BCUT2D eigenvalue weighted by atomic mass is 35.5. The maximum atomic E-state index is 12.6. The van der Waals surface area contributed by atoms with Crippen LogP contribution in [0.2, 0.25) is 5.02 Å². The zero-order valence-electron chi connectivity index (χ0n) is 16.1. The highest BCUT2D eigenvalue weighted by molar-refractivity contribution is 6.30. The summed E-state index contributed by atoms with van der Waals surface area (Å²) in [5.41, 5.74) is 0.823. The number of aryl methyl sites for hydroxylation is 1. The van der Waals surface area contributed by atoms with Crippen LogP contribution in [0.1, 0.15) is 6.92 Å². The number of aromatic nitrogens is 2. The lowest BCUT2D eigenvalue weighted by Gasteiger charge is -2.35. The van der Waals surface area contributed by atoms with Crippen molar-refractivity contribution in [3.05, 3.63) is 41.7 Å². The number of anilines is 1. The van der Waals surface area contributed by atoms with Crippen LogP contribution in [0.4, 0.5) is 5.69 Å². The van der Waals surface area contributed by atoms with Crippen molar-refractivity contribution in [1.82, 2.24) is 20.0 Å². The summed E-state index contributed by atoms with van der Waals surface area (Å²) in [6.07, 6.45) is 3.56. The first-order chi connectivity index (χ1) is 13.6. The van der Waals surface area contributed by atoms with E-state index in [4.69, 9.17) is 16.3 Å². The van der Waals surface area contributed by atoms with Gasteiger partial charge in [-0.1, -0.05) is 17.7 Å². The van der Waals surface area contributed by atoms with E-state index >= 15 is 0 Å². The van der Waals surface area contributed by atoms with Crippen molar-refractivity contribution in [3.8, 4) is 5.75 Å². The molecular formula is C19H25ClN6O2. The van der Waals surface area contributed by atoms with Crippen LogP contribution in [-0.2, 0) is 11.8 Å². The average molecular weight is 405 g/mol. The molecule has 1 amide bonds. The van der Waals surface area contributed by atoms with Gasteiger partial charge in [-0.2, -0.15) is 5.10 Å². The molecule has 1 aromatic carbocycles. The molecule has 3 rings (SSSR count). The molecule has 2 aromatic rings. The second-order valence-electron chi connectivity index (χ2n) is 6.38. The normalized spacial score (nSPS) is 15.1. The van der Waals surface area contributed by atoms with Gasteiger partial charge in [0.15, 0.2) is 5.96 Å². The Hall–Kier alpha value is -2.74. The number of rotatable bonds is 6. The van der Waals surface area contributed by atoms with Crippen LogP contribution in [0.15, 0.2) is 41.7 Å². The van der Waals surface area contributed by atoms with E-state index in [9.17, 15) is 4.79 Å². The first kappa shape index (κ1) is 20.0. The molecule has 9 heteroatoms. The first-order valence-electron chi connectivity index (χ1n) is 9.27. The monoisotopic (exact) mass is 404 g/mol. The highest BCUT2D eigenvalue weighted by Crippen LogP contribution is 2.17. The summed E-state index contributed by atoms with van der Waals surface area (Å²) in [7, 11) is 1.84. The van der Waals surface area contributed by atoms with E-state index in [1.54, 1.807) is 27.9 Å². The Morgan fingerprint density at radius 2 is 2.25 bits per heavy atom. The number of nitrogens with one attached hydrogen (secondary N) is 1. The Labute approximate surface area is 169 Å². The molecule has 28 heavy (non-hydrogen) atoms. The molecule has 1 saturated heterocycles. The molecule has 0 aliphatic carbocycles. The highest BCUT2D eigenvalue weighted by Gasteiger charge is 2.27. The quantitative estimate of drug-likeness (QED) is 0.451. The molecule has 8 nitrogen and oxygen atoms in total. The molecule has 1 aliphatic heterocycles. The van der Waals surface area contributed by atoms with E-state index in [2.05, 4.69) is 15.4 Å². The lowest BCUT2D eigenvalue weighted by molar-refractivity contribution is -0.120. The van der Waals surface area contributed by atoms with Crippen molar-refractivity contribution in [2.24, 2.45) is 12.0 Å². The Morgan fingerprint density at radius 3 is 2.93 bits per heavy atom. The molecule has 0 bridgehead atoms. The number of hydrogen-bond donors (Lipinski definition) is 1. The predicted octanol–water partition coefficient (Wildman–Crippen LogP) is 1.77. The van der Waals surface area contributed by atoms with E-state index in [-0.39, 0.29) is 12.5 Å². The lowest BCUT2D eigenvalue weighted by atomic mass is 10.3. The molecule has 1 N–H and O–H groups in total. The predicted molar refractivity (Wildman–Crippen MR) is 110 cm³/mol. The van der Waals surface area contributed by atoms with Gasteiger partial charge in [0.2, 0.25) is 5.91 Å². The second-order valence-corrected chi connectivity index (χ2v) is 6.82. The Kier molecular flexibility index (Phi) is 6.76. The molecule has 0 radical (unpaired) electrons. The number of halogens is 1. The van der Waals surface area contributed by atoms with Crippen molar-refractivity contribution in [3.63, 3.8) is 0 Å². The van der Waals surface area contributed by atoms with E-state index in [1.807, 2.05) is 37.2 Å². The minimum Gasteiger partial charge on any atom is -0.492 e. The third-order valence-corrected chi connectivity index (χ3v) is 4.51. The summed E-state index contributed by atoms with van der Waals surface area (Å²) < 4.78 is 7.37. The lowest BCUT2D eigenvalue weighted by Crippen LogP contribution is -2.55.